The van der Waals surface area contributed by atoms with Gasteiger partial charge in [0.25, 0.3) is 5.91 Å². The predicted molar refractivity (Wildman–Crippen MR) is 116 cm³/mol. The molecule has 0 atom stereocenters. The van der Waals surface area contributed by atoms with Gasteiger partial charge in [0.2, 0.25) is 0 Å². The van der Waals surface area contributed by atoms with Crippen LogP contribution in [0.25, 0.3) is 0 Å². The topological polar surface area (TPSA) is 25.2 Å². The van der Waals surface area contributed by atoms with E-state index >= 15 is 0 Å². The fourth-order valence-corrected chi connectivity index (χ4v) is 3.55. The molecule has 2 aromatic carbocycles. The summed E-state index contributed by atoms with van der Waals surface area (Å²) in [5.74, 6) is -0.908. The summed E-state index contributed by atoms with van der Waals surface area (Å²) >= 11 is 0. The number of rotatable bonds is 6. The molecule has 1 amide bonds. The molecule has 0 aliphatic rings. The summed E-state index contributed by atoms with van der Waals surface area (Å²) in [5.41, 5.74) is -0.877. The maximum absolute atomic E-state index is 13.3. The van der Waals surface area contributed by atoms with Crippen molar-refractivity contribution >= 4 is 5.91 Å². The maximum atomic E-state index is 13.3. The summed E-state index contributed by atoms with van der Waals surface area (Å²) in [6.07, 6.45) is -8.24. The summed E-state index contributed by atoms with van der Waals surface area (Å²) in [5, 5.41) is 0. The van der Waals surface area contributed by atoms with Gasteiger partial charge in [-0.3, -0.25) is 4.79 Å². The molecule has 34 heavy (non-hydrogen) atoms. The first-order chi connectivity index (χ1) is 15.8. The first-order valence-corrected chi connectivity index (χ1v) is 10.6. The molecule has 1 aromatic heterocycles. The van der Waals surface area contributed by atoms with Crippen molar-refractivity contribution in [1.29, 1.82) is 0 Å². The molecule has 1 heterocycles. The Bertz CT molecular complexity index is 1110. The van der Waals surface area contributed by atoms with Gasteiger partial charge in [0.15, 0.2) is 0 Å². The number of hydrogen-bond acceptors (Lipinski definition) is 1. The molecule has 0 saturated heterocycles. The molecule has 0 aliphatic heterocycles. The Kier molecular flexibility index (Phi) is 7.14. The van der Waals surface area contributed by atoms with E-state index < -0.39 is 41.0 Å². The molecule has 0 N–H and O–H groups in total. The molecule has 3 nitrogen and oxygen atoms in total. The minimum Gasteiger partial charge on any atom is -0.345 e. The van der Waals surface area contributed by atoms with Crippen LogP contribution < -0.4 is 0 Å². The highest BCUT2D eigenvalue weighted by Gasteiger charge is 2.38. The monoisotopic (exact) mass is 482 g/mol. The van der Waals surface area contributed by atoms with Crippen LogP contribution in [0.2, 0.25) is 0 Å². The zero-order valence-electron chi connectivity index (χ0n) is 18.8. The largest absolute Gasteiger partial charge is 0.416 e. The minimum atomic E-state index is -5.03. The van der Waals surface area contributed by atoms with Crippen molar-refractivity contribution < 1.29 is 31.1 Å². The Labute approximate surface area is 193 Å². The molecule has 0 radical (unpaired) electrons. The first-order valence-electron chi connectivity index (χ1n) is 10.6. The van der Waals surface area contributed by atoms with E-state index in [1.165, 1.54) is 4.90 Å². The molecular weight excluding hydrogens is 458 g/mol. The van der Waals surface area contributed by atoms with Gasteiger partial charge in [-0.25, -0.2) is 0 Å². The van der Waals surface area contributed by atoms with Crippen molar-refractivity contribution in [3.8, 4) is 0 Å². The highest BCUT2D eigenvalue weighted by Crippen LogP contribution is 2.36. The zero-order valence-corrected chi connectivity index (χ0v) is 18.8. The molecule has 3 aromatic rings. The predicted octanol–water partition coefficient (Wildman–Crippen LogP) is 6.93. The number of carbonyl (C=O) groups excluding carboxylic acids is 1. The van der Waals surface area contributed by atoms with Crippen molar-refractivity contribution in [2.24, 2.45) is 0 Å². The Morgan fingerprint density at radius 2 is 1.47 bits per heavy atom. The van der Waals surface area contributed by atoms with Gasteiger partial charge in [-0.1, -0.05) is 29.8 Å². The van der Waals surface area contributed by atoms with Crippen LogP contribution in [0.15, 0.2) is 60.8 Å². The molecule has 182 valence electrons. The molecule has 0 saturated carbocycles. The molecule has 0 spiro atoms. The second kappa shape index (κ2) is 9.56. The van der Waals surface area contributed by atoms with Gasteiger partial charge < -0.3 is 9.47 Å². The number of halogens is 6. The van der Waals surface area contributed by atoms with Gasteiger partial charge in [-0.15, -0.1) is 0 Å². The summed E-state index contributed by atoms with van der Waals surface area (Å²) in [6, 6.07) is 11.9. The second-order valence-electron chi connectivity index (χ2n) is 8.43. The normalized spacial score (nSPS) is 12.3. The highest BCUT2D eigenvalue weighted by molar-refractivity contribution is 5.95. The van der Waals surface area contributed by atoms with E-state index in [-0.39, 0.29) is 12.6 Å². The quantitative estimate of drug-likeness (QED) is 0.350. The number of nitrogens with zero attached hydrogens (tertiary/aromatic N) is 2. The average molecular weight is 482 g/mol. The minimum absolute atomic E-state index is 0.0171. The van der Waals surface area contributed by atoms with Crippen LogP contribution >= 0.6 is 0 Å². The number of benzene rings is 2. The molecular formula is C25H24F6N2O. The Morgan fingerprint density at radius 3 is 1.97 bits per heavy atom. The lowest BCUT2D eigenvalue weighted by Crippen LogP contribution is -2.37. The van der Waals surface area contributed by atoms with Gasteiger partial charge in [-0.2, -0.15) is 26.3 Å². The fourth-order valence-electron chi connectivity index (χ4n) is 3.55. The Balaban J connectivity index is 1.93. The molecule has 9 heteroatoms. The Hall–Kier alpha value is -3.23. The maximum Gasteiger partial charge on any atom is 0.416 e. The van der Waals surface area contributed by atoms with Crippen LogP contribution in [0.3, 0.4) is 0 Å². The first kappa shape index (κ1) is 25.4. The number of amides is 1. The number of aryl methyl sites for hydroxylation is 1. The third-order valence-corrected chi connectivity index (χ3v) is 5.45. The van der Waals surface area contributed by atoms with E-state index in [4.69, 9.17) is 0 Å². The summed E-state index contributed by atoms with van der Waals surface area (Å²) in [6.45, 7) is 5.80. The van der Waals surface area contributed by atoms with E-state index in [0.29, 0.717) is 24.4 Å². The lowest BCUT2D eigenvalue weighted by Gasteiger charge is -2.28. The van der Waals surface area contributed by atoms with Gasteiger partial charge in [-0.05, 0) is 56.7 Å². The van der Waals surface area contributed by atoms with Crippen molar-refractivity contribution in [3.05, 3.63) is 94.3 Å². The molecule has 0 aliphatic carbocycles. The third kappa shape index (κ3) is 6.01. The summed E-state index contributed by atoms with van der Waals surface area (Å²) < 4.78 is 81.4. The standard InChI is InChI=1S/C25H24F6N2O/c1-16(2)33(15-22-5-4-10-32(22)14-18-8-6-17(3)7-9-18)23(34)19-11-20(24(26,27)28)13-21(12-19)25(29,30)31/h4-13,16H,14-15H2,1-3H3. The van der Waals surface area contributed by atoms with Gasteiger partial charge >= 0.3 is 12.4 Å². The van der Waals surface area contributed by atoms with Crippen LogP contribution in [-0.2, 0) is 25.4 Å². The van der Waals surface area contributed by atoms with Gasteiger partial charge in [0.1, 0.15) is 0 Å². The summed E-state index contributed by atoms with van der Waals surface area (Å²) in [7, 11) is 0. The molecule has 0 bridgehead atoms. The number of aromatic nitrogens is 1. The van der Waals surface area contributed by atoms with E-state index in [1.807, 2.05) is 42.0 Å². The van der Waals surface area contributed by atoms with Crippen LogP contribution in [-0.4, -0.2) is 21.4 Å². The van der Waals surface area contributed by atoms with Crippen LogP contribution in [0.5, 0.6) is 0 Å². The second-order valence-corrected chi connectivity index (χ2v) is 8.43. The number of hydrogen-bond donors (Lipinski definition) is 0. The van der Waals surface area contributed by atoms with Crippen molar-refractivity contribution in [2.45, 2.75) is 52.3 Å². The van der Waals surface area contributed by atoms with Crippen molar-refractivity contribution in [1.82, 2.24) is 9.47 Å². The zero-order chi connectivity index (χ0) is 25.3. The van der Waals surface area contributed by atoms with Gasteiger partial charge in [0, 0.05) is 30.0 Å². The average Bonchev–Trinajstić information content (AvgIpc) is 3.18. The molecule has 3 rings (SSSR count). The smallest absolute Gasteiger partial charge is 0.345 e. The summed E-state index contributed by atoms with van der Waals surface area (Å²) in [4.78, 5) is 14.4. The van der Waals surface area contributed by atoms with E-state index in [2.05, 4.69) is 0 Å². The fraction of sp³-hybridized carbons (Fsp3) is 0.320. The molecule has 0 unspecified atom stereocenters. The van der Waals surface area contributed by atoms with Gasteiger partial charge in [0.05, 0.1) is 17.7 Å². The number of alkyl halides is 6. The molecule has 0 fully saturated rings. The Morgan fingerprint density at radius 1 is 0.912 bits per heavy atom. The van der Waals surface area contributed by atoms with Crippen LogP contribution in [0.1, 0.15) is 52.2 Å². The van der Waals surface area contributed by atoms with E-state index in [0.717, 1.165) is 11.1 Å². The van der Waals surface area contributed by atoms with Crippen LogP contribution in [0, 0.1) is 6.92 Å². The van der Waals surface area contributed by atoms with E-state index in [9.17, 15) is 31.1 Å². The van der Waals surface area contributed by atoms with Crippen molar-refractivity contribution in [2.75, 3.05) is 0 Å². The lowest BCUT2D eigenvalue weighted by atomic mass is 10.0. The third-order valence-electron chi connectivity index (χ3n) is 5.45. The van der Waals surface area contributed by atoms with E-state index in [1.54, 1.807) is 26.0 Å². The van der Waals surface area contributed by atoms with Crippen LogP contribution in [0.4, 0.5) is 26.3 Å². The SMILES string of the molecule is Cc1ccc(Cn2cccc2CN(C(=O)c2cc(C(F)(F)F)cc(C(F)(F)F)c2)C(C)C)cc1. The number of carbonyl (C=O) groups is 1. The highest BCUT2D eigenvalue weighted by atomic mass is 19.4. The lowest BCUT2D eigenvalue weighted by molar-refractivity contribution is -0.143. The van der Waals surface area contributed by atoms with Crippen molar-refractivity contribution in [3.63, 3.8) is 0 Å².